The predicted octanol–water partition coefficient (Wildman–Crippen LogP) is 4.32. The Morgan fingerprint density at radius 2 is 1.92 bits per heavy atom. The lowest BCUT2D eigenvalue weighted by Gasteiger charge is -2.15. The lowest BCUT2D eigenvalue weighted by molar-refractivity contribution is 0.629. The van der Waals surface area contributed by atoms with E-state index in [4.69, 9.17) is 11.6 Å². The van der Waals surface area contributed by atoms with Crippen LogP contribution in [0.2, 0.25) is 5.02 Å². The first-order chi connectivity index (χ1) is 12.6. The SMILES string of the molecule is O=c1c2cc(F)ccc2nc(Nc2cccnc2)n1-c1ccccc1Cl. The minimum Gasteiger partial charge on any atom is -0.324 e. The largest absolute Gasteiger partial charge is 0.324 e. The fraction of sp³-hybridized carbons (Fsp3) is 0. The van der Waals surface area contributed by atoms with Crippen LogP contribution >= 0.6 is 11.6 Å². The highest BCUT2D eigenvalue weighted by Gasteiger charge is 2.15. The minimum absolute atomic E-state index is 0.168. The van der Waals surface area contributed by atoms with E-state index >= 15 is 0 Å². The number of aromatic nitrogens is 3. The van der Waals surface area contributed by atoms with Crippen molar-refractivity contribution in [2.75, 3.05) is 5.32 Å². The van der Waals surface area contributed by atoms with E-state index in [0.29, 0.717) is 21.9 Å². The van der Waals surface area contributed by atoms with Crippen LogP contribution in [-0.2, 0) is 0 Å². The van der Waals surface area contributed by atoms with Crippen molar-refractivity contribution < 1.29 is 4.39 Å². The zero-order valence-electron chi connectivity index (χ0n) is 13.4. The molecule has 2 aromatic carbocycles. The van der Waals surface area contributed by atoms with Crippen LogP contribution in [0.15, 0.2) is 71.8 Å². The van der Waals surface area contributed by atoms with Crippen molar-refractivity contribution >= 4 is 34.1 Å². The second-order valence-corrected chi connectivity index (χ2v) is 5.96. The molecule has 1 N–H and O–H groups in total. The number of nitrogens with zero attached hydrogens (tertiary/aromatic N) is 3. The first kappa shape index (κ1) is 16.2. The van der Waals surface area contributed by atoms with E-state index in [2.05, 4.69) is 15.3 Å². The molecule has 4 rings (SSSR count). The number of hydrogen-bond acceptors (Lipinski definition) is 4. The van der Waals surface area contributed by atoms with Crippen molar-refractivity contribution in [1.82, 2.24) is 14.5 Å². The number of anilines is 2. The summed E-state index contributed by atoms with van der Waals surface area (Å²) in [7, 11) is 0. The van der Waals surface area contributed by atoms with Crippen LogP contribution in [0.4, 0.5) is 16.0 Å². The molecule has 0 spiro atoms. The van der Waals surface area contributed by atoms with Gasteiger partial charge < -0.3 is 5.32 Å². The second-order valence-electron chi connectivity index (χ2n) is 5.56. The van der Waals surface area contributed by atoms with E-state index in [-0.39, 0.29) is 11.3 Å². The predicted molar refractivity (Wildman–Crippen MR) is 99.8 cm³/mol. The van der Waals surface area contributed by atoms with Gasteiger partial charge in [0.25, 0.3) is 5.56 Å². The molecular weight excluding hydrogens is 355 g/mol. The molecule has 128 valence electrons. The molecule has 0 fully saturated rings. The molecule has 26 heavy (non-hydrogen) atoms. The first-order valence-corrected chi connectivity index (χ1v) is 8.15. The summed E-state index contributed by atoms with van der Waals surface area (Å²) in [6.45, 7) is 0. The number of rotatable bonds is 3. The van der Waals surface area contributed by atoms with E-state index in [1.807, 2.05) is 0 Å². The number of fused-ring (bicyclic) bond motifs is 1. The number of nitrogens with one attached hydrogen (secondary N) is 1. The summed E-state index contributed by atoms with van der Waals surface area (Å²) in [6.07, 6.45) is 3.25. The summed E-state index contributed by atoms with van der Waals surface area (Å²) in [5.74, 6) is -0.245. The van der Waals surface area contributed by atoms with E-state index in [9.17, 15) is 9.18 Å². The Balaban J connectivity index is 2.02. The Morgan fingerprint density at radius 1 is 1.08 bits per heavy atom. The molecule has 0 radical (unpaired) electrons. The van der Waals surface area contributed by atoms with Crippen molar-refractivity contribution in [2.24, 2.45) is 0 Å². The molecule has 0 aliphatic rings. The van der Waals surface area contributed by atoms with E-state index < -0.39 is 11.4 Å². The van der Waals surface area contributed by atoms with E-state index in [1.54, 1.807) is 48.8 Å². The number of para-hydroxylation sites is 1. The van der Waals surface area contributed by atoms with Gasteiger partial charge in [0.1, 0.15) is 5.82 Å². The fourth-order valence-electron chi connectivity index (χ4n) is 2.66. The molecule has 4 aromatic rings. The van der Waals surface area contributed by atoms with Crippen molar-refractivity contribution in [3.8, 4) is 5.69 Å². The molecule has 2 heterocycles. The maximum absolute atomic E-state index is 13.7. The molecule has 0 unspecified atom stereocenters. The molecule has 2 aromatic heterocycles. The maximum Gasteiger partial charge on any atom is 0.267 e. The topological polar surface area (TPSA) is 59.8 Å². The summed E-state index contributed by atoms with van der Waals surface area (Å²) >= 11 is 6.29. The van der Waals surface area contributed by atoms with Gasteiger partial charge in [-0.2, -0.15) is 0 Å². The van der Waals surface area contributed by atoms with Gasteiger partial charge in [-0.1, -0.05) is 23.7 Å². The maximum atomic E-state index is 13.7. The monoisotopic (exact) mass is 366 g/mol. The lowest BCUT2D eigenvalue weighted by Crippen LogP contribution is -2.23. The number of halogens is 2. The number of hydrogen-bond donors (Lipinski definition) is 1. The van der Waals surface area contributed by atoms with Gasteiger partial charge in [0.15, 0.2) is 0 Å². The minimum atomic E-state index is -0.505. The third kappa shape index (κ3) is 2.91. The molecule has 0 amide bonds. The Bertz CT molecular complexity index is 1160. The molecule has 0 saturated carbocycles. The van der Waals surface area contributed by atoms with Gasteiger partial charge in [0, 0.05) is 6.20 Å². The van der Waals surface area contributed by atoms with Gasteiger partial charge in [0.05, 0.1) is 33.5 Å². The molecule has 0 aliphatic carbocycles. The van der Waals surface area contributed by atoms with Gasteiger partial charge in [-0.3, -0.25) is 9.78 Å². The standard InChI is InChI=1S/C19H12ClFN4O/c20-15-5-1-2-6-17(15)25-18(26)14-10-12(21)7-8-16(14)24-19(25)23-13-4-3-9-22-11-13/h1-11H,(H,23,24). The molecule has 0 aliphatic heterocycles. The summed E-state index contributed by atoms with van der Waals surface area (Å²) in [5, 5.41) is 3.63. The average molecular weight is 367 g/mol. The quantitative estimate of drug-likeness (QED) is 0.586. The second kappa shape index (κ2) is 6.57. The van der Waals surface area contributed by atoms with E-state index in [0.717, 1.165) is 0 Å². The molecule has 0 bridgehead atoms. The highest BCUT2D eigenvalue weighted by atomic mass is 35.5. The van der Waals surface area contributed by atoms with Crippen LogP contribution in [-0.4, -0.2) is 14.5 Å². The van der Waals surface area contributed by atoms with Gasteiger partial charge in [-0.25, -0.2) is 13.9 Å². The van der Waals surface area contributed by atoms with Crippen LogP contribution in [0.5, 0.6) is 0 Å². The average Bonchev–Trinajstić information content (AvgIpc) is 2.65. The Hall–Kier alpha value is -3.25. The molecule has 0 saturated heterocycles. The molecular formula is C19H12ClFN4O. The lowest BCUT2D eigenvalue weighted by atomic mass is 10.2. The Labute approximate surface area is 152 Å². The van der Waals surface area contributed by atoms with Crippen molar-refractivity contribution in [2.45, 2.75) is 0 Å². The highest BCUT2D eigenvalue weighted by Crippen LogP contribution is 2.24. The summed E-state index contributed by atoms with van der Waals surface area (Å²) < 4.78 is 15.0. The molecule has 5 nitrogen and oxygen atoms in total. The summed E-state index contributed by atoms with van der Waals surface area (Å²) in [6, 6.07) is 14.4. The van der Waals surface area contributed by atoms with Gasteiger partial charge >= 0.3 is 0 Å². The van der Waals surface area contributed by atoms with Crippen molar-refractivity contribution in [1.29, 1.82) is 0 Å². The van der Waals surface area contributed by atoms with Crippen LogP contribution in [0, 0.1) is 5.82 Å². The number of benzene rings is 2. The van der Waals surface area contributed by atoms with Crippen molar-refractivity contribution in [3.63, 3.8) is 0 Å². The summed E-state index contributed by atoms with van der Waals surface area (Å²) in [4.78, 5) is 21.6. The fourth-order valence-corrected chi connectivity index (χ4v) is 2.88. The zero-order valence-corrected chi connectivity index (χ0v) is 14.1. The van der Waals surface area contributed by atoms with Crippen LogP contribution in [0.1, 0.15) is 0 Å². The van der Waals surface area contributed by atoms with Gasteiger partial charge in [0.2, 0.25) is 5.95 Å². The van der Waals surface area contributed by atoms with Crippen LogP contribution in [0.3, 0.4) is 0 Å². The smallest absolute Gasteiger partial charge is 0.267 e. The van der Waals surface area contributed by atoms with Gasteiger partial charge in [-0.05, 0) is 42.5 Å². The van der Waals surface area contributed by atoms with Gasteiger partial charge in [-0.15, -0.1) is 0 Å². The highest BCUT2D eigenvalue weighted by molar-refractivity contribution is 6.32. The third-order valence-electron chi connectivity index (χ3n) is 3.84. The summed E-state index contributed by atoms with van der Waals surface area (Å²) in [5.41, 5.74) is 1.06. The molecule has 0 atom stereocenters. The van der Waals surface area contributed by atoms with E-state index in [1.165, 1.54) is 22.8 Å². The van der Waals surface area contributed by atoms with Crippen LogP contribution < -0.4 is 10.9 Å². The normalized spacial score (nSPS) is 10.8. The Kier molecular flexibility index (Phi) is 4.10. The zero-order chi connectivity index (χ0) is 18.1. The number of pyridine rings is 1. The first-order valence-electron chi connectivity index (χ1n) is 7.78. The van der Waals surface area contributed by atoms with Crippen molar-refractivity contribution in [3.05, 3.63) is 88.2 Å². The Morgan fingerprint density at radius 3 is 2.69 bits per heavy atom. The third-order valence-corrected chi connectivity index (χ3v) is 4.16. The van der Waals surface area contributed by atoms with Crippen LogP contribution in [0.25, 0.3) is 16.6 Å². The molecule has 7 heteroatoms.